The third-order valence-electron chi connectivity index (χ3n) is 5.34. The number of nitrogens with zero attached hydrogens (tertiary/aromatic N) is 3. The fourth-order valence-electron chi connectivity index (χ4n) is 3.69. The van der Waals surface area contributed by atoms with E-state index in [9.17, 15) is 26.3 Å². The normalized spacial score (nSPS) is 21.4. The number of hydrogen-bond acceptors (Lipinski definition) is 8. The molecule has 2 saturated heterocycles. The highest BCUT2D eigenvalue weighted by Gasteiger charge is 2.40. The van der Waals surface area contributed by atoms with Crippen molar-refractivity contribution >= 4 is 23.3 Å². The first-order valence-electron chi connectivity index (χ1n) is 11.1. The van der Waals surface area contributed by atoms with E-state index in [1.54, 1.807) is 17.5 Å². The fourth-order valence-corrected chi connectivity index (χ4v) is 4.33. The van der Waals surface area contributed by atoms with Gasteiger partial charge in [0, 0.05) is 30.4 Å². The van der Waals surface area contributed by atoms with Gasteiger partial charge < -0.3 is 19.7 Å². The van der Waals surface area contributed by atoms with E-state index in [0.29, 0.717) is 25.4 Å². The second-order valence-electron chi connectivity index (χ2n) is 8.07. The zero-order valence-corrected chi connectivity index (χ0v) is 20.5. The molecule has 4 rings (SSSR count). The van der Waals surface area contributed by atoms with Crippen molar-refractivity contribution in [2.75, 3.05) is 13.2 Å². The van der Waals surface area contributed by atoms with Crippen molar-refractivity contribution < 1.29 is 55.6 Å². The van der Waals surface area contributed by atoms with Crippen LogP contribution in [-0.2, 0) is 32.2 Å². The monoisotopic (exact) mass is 573 g/mol. The molecule has 3 atom stereocenters. The molecular formula is C22H25F6N3O6S. The number of carboxylic acid groups (broad SMARTS) is 2. The number of likely N-dealkylation sites (tertiary alicyclic amines) is 1. The van der Waals surface area contributed by atoms with E-state index in [2.05, 4.69) is 20.2 Å². The molecule has 0 radical (unpaired) electrons. The Morgan fingerprint density at radius 2 is 1.68 bits per heavy atom. The van der Waals surface area contributed by atoms with Crippen molar-refractivity contribution in [2.24, 2.45) is 0 Å². The summed E-state index contributed by atoms with van der Waals surface area (Å²) in [5.74, 6) is -5.51. The van der Waals surface area contributed by atoms with Gasteiger partial charge in [-0.15, -0.1) is 11.3 Å². The number of halogens is 6. The van der Waals surface area contributed by atoms with Gasteiger partial charge in [0.15, 0.2) is 0 Å². The molecular weight excluding hydrogens is 548 g/mol. The number of carbonyl (C=O) groups is 2. The Balaban J connectivity index is 0.000000301. The summed E-state index contributed by atoms with van der Waals surface area (Å²) < 4.78 is 75.6. The highest BCUT2D eigenvalue weighted by molar-refractivity contribution is 7.09. The van der Waals surface area contributed by atoms with Crippen LogP contribution in [0.5, 0.6) is 0 Å². The van der Waals surface area contributed by atoms with Crippen LogP contribution in [0.2, 0.25) is 0 Å². The van der Waals surface area contributed by atoms with Gasteiger partial charge in [-0.1, -0.05) is 6.07 Å². The van der Waals surface area contributed by atoms with Gasteiger partial charge in [0.1, 0.15) is 5.01 Å². The van der Waals surface area contributed by atoms with Crippen molar-refractivity contribution in [2.45, 2.75) is 63.0 Å². The van der Waals surface area contributed by atoms with Gasteiger partial charge in [-0.05, 0) is 31.4 Å². The average Bonchev–Trinajstić information content (AvgIpc) is 3.50. The Kier molecular flexibility index (Phi) is 11.9. The van der Waals surface area contributed by atoms with Crippen molar-refractivity contribution in [1.82, 2.24) is 14.9 Å². The van der Waals surface area contributed by atoms with E-state index in [1.165, 1.54) is 11.4 Å². The molecule has 2 aromatic heterocycles. The second kappa shape index (κ2) is 14.4. The molecule has 0 spiro atoms. The maximum atomic E-state index is 10.6. The molecule has 0 unspecified atom stereocenters. The van der Waals surface area contributed by atoms with Crippen LogP contribution in [-0.4, -0.2) is 80.8 Å². The summed E-state index contributed by atoms with van der Waals surface area (Å²) in [7, 11) is 0. The summed E-state index contributed by atoms with van der Waals surface area (Å²) in [5, 5.41) is 17.5. The number of aliphatic carboxylic acids is 2. The first-order valence-corrected chi connectivity index (χ1v) is 12.0. The van der Waals surface area contributed by atoms with Gasteiger partial charge in [-0.3, -0.25) is 9.88 Å². The van der Waals surface area contributed by atoms with E-state index >= 15 is 0 Å². The molecule has 38 heavy (non-hydrogen) atoms. The van der Waals surface area contributed by atoms with E-state index in [1.807, 2.05) is 24.4 Å². The highest BCUT2D eigenvalue weighted by atomic mass is 32.1. The molecule has 0 aliphatic carbocycles. The smallest absolute Gasteiger partial charge is 0.475 e. The molecule has 2 aliphatic heterocycles. The maximum absolute atomic E-state index is 10.6. The Morgan fingerprint density at radius 3 is 2.21 bits per heavy atom. The number of rotatable bonds is 6. The molecule has 212 valence electrons. The number of hydrogen-bond donors (Lipinski definition) is 2. The molecule has 0 saturated carbocycles. The summed E-state index contributed by atoms with van der Waals surface area (Å²) in [6, 6.07) is 6.44. The Labute approximate surface area is 217 Å². The molecule has 9 nitrogen and oxygen atoms in total. The first kappa shape index (κ1) is 31.4. The van der Waals surface area contributed by atoms with Gasteiger partial charge in [-0.25, -0.2) is 14.6 Å². The summed E-state index contributed by atoms with van der Waals surface area (Å²) in [6.45, 7) is 3.29. The minimum atomic E-state index is -5.08. The van der Waals surface area contributed by atoms with Crippen LogP contribution in [0, 0.1) is 0 Å². The number of carboxylic acids is 2. The van der Waals surface area contributed by atoms with E-state index in [4.69, 9.17) is 29.3 Å². The lowest BCUT2D eigenvalue weighted by Crippen LogP contribution is -2.43. The van der Waals surface area contributed by atoms with Gasteiger partial charge in [0.2, 0.25) is 0 Å². The van der Waals surface area contributed by atoms with Crippen LogP contribution in [0.1, 0.15) is 30.0 Å². The van der Waals surface area contributed by atoms with E-state index in [0.717, 1.165) is 31.6 Å². The number of thiazole rings is 1. The molecule has 0 amide bonds. The molecule has 2 aliphatic rings. The summed E-state index contributed by atoms with van der Waals surface area (Å²) in [4.78, 5) is 29.0. The molecule has 2 N–H and O–H groups in total. The molecule has 4 heterocycles. The van der Waals surface area contributed by atoms with E-state index < -0.39 is 24.3 Å². The van der Waals surface area contributed by atoms with Crippen LogP contribution < -0.4 is 0 Å². The number of fused-ring (bicyclic) bond motifs is 1. The van der Waals surface area contributed by atoms with Crippen LogP contribution in [0.3, 0.4) is 0 Å². The third-order valence-corrected chi connectivity index (χ3v) is 6.10. The molecule has 2 fully saturated rings. The Bertz CT molecular complexity index is 970. The average molecular weight is 574 g/mol. The Morgan fingerprint density at radius 1 is 1.03 bits per heavy atom. The van der Waals surface area contributed by atoms with Gasteiger partial charge in [0.05, 0.1) is 37.7 Å². The second-order valence-corrected chi connectivity index (χ2v) is 9.05. The van der Waals surface area contributed by atoms with Crippen molar-refractivity contribution in [3.05, 3.63) is 46.7 Å². The topological polar surface area (TPSA) is 122 Å². The van der Waals surface area contributed by atoms with Crippen LogP contribution >= 0.6 is 11.3 Å². The molecule has 2 aromatic rings. The predicted octanol–water partition coefficient (Wildman–Crippen LogP) is 4.14. The summed E-state index contributed by atoms with van der Waals surface area (Å²) in [6.07, 6.45) is -2.54. The number of ether oxygens (including phenoxy) is 2. The fraction of sp³-hybridized carbons (Fsp3) is 0.545. The third kappa shape index (κ3) is 10.9. The lowest BCUT2D eigenvalue weighted by Gasteiger charge is -2.35. The van der Waals surface area contributed by atoms with E-state index in [-0.39, 0.29) is 6.10 Å². The predicted molar refractivity (Wildman–Crippen MR) is 120 cm³/mol. The largest absolute Gasteiger partial charge is 0.490 e. The maximum Gasteiger partial charge on any atom is 0.490 e. The quantitative estimate of drug-likeness (QED) is 0.491. The number of alkyl halides is 6. The molecule has 16 heteroatoms. The van der Waals surface area contributed by atoms with Crippen LogP contribution in [0.25, 0.3) is 0 Å². The van der Waals surface area contributed by atoms with Crippen molar-refractivity contribution in [1.29, 1.82) is 0 Å². The van der Waals surface area contributed by atoms with Crippen molar-refractivity contribution in [3.8, 4) is 0 Å². The molecule has 0 aromatic carbocycles. The van der Waals surface area contributed by atoms with Crippen molar-refractivity contribution in [3.63, 3.8) is 0 Å². The molecule has 0 bridgehead atoms. The number of aromatic nitrogens is 2. The highest BCUT2D eigenvalue weighted by Crippen LogP contribution is 2.32. The summed E-state index contributed by atoms with van der Waals surface area (Å²) in [5.41, 5.74) is 0.974. The SMILES string of the molecule is O=C(O)C(F)(F)F.O=C(O)C(F)(F)F.c1ccc(COC[C@H]2CC[C@H]3[C@H](CCN3Cc3nccs3)O2)nc1. The zero-order valence-electron chi connectivity index (χ0n) is 19.7. The lowest BCUT2D eigenvalue weighted by atomic mass is 9.99. The standard InChI is InChI=1S/C18H23N3O2S.2C2HF3O2/c1-2-7-19-14(3-1)12-22-13-15-4-5-16-17(23-15)6-9-21(16)11-18-20-8-10-24-18;2*3-2(4,5)1(6)7/h1-3,7-8,10,15-17H,4-6,9,11-13H2;2*(H,6,7)/t15-,16+,17+;;/m1../s1. The van der Waals surface area contributed by atoms with Crippen LogP contribution in [0.4, 0.5) is 26.3 Å². The minimum absolute atomic E-state index is 0.217. The van der Waals surface area contributed by atoms with Crippen LogP contribution in [0.15, 0.2) is 36.0 Å². The van der Waals surface area contributed by atoms with Gasteiger partial charge >= 0.3 is 24.3 Å². The number of pyridine rings is 1. The minimum Gasteiger partial charge on any atom is -0.475 e. The van der Waals surface area contributed by atoms with Gasteiger partial charge in [-0.2, -0.15) is 26.3 Å². The Hall–Kier alpha value is -2.82. The zero-order chi connectivity index (χ0) is 28.3. The first-order chi connectivity index (χ1) is 17.8. The lowest BCUT2D eigenvalue weighted by molar-refractivity contribution is -0.193. The summed E-state index contributed by atoms with van der Waals surface area (Å²) >= 11 is 1.74. The van der Waals surface area contributed by atoms with Gasteiger partial charge in [0.25, 0.3) is 0 Å².